The maximum Gasteiger partial charge on any atom is 0.335 e. The van der Waals surface area contributed by atoms with Crippen molar-refractivity contribution in [1.29, 1.82) is 0 Å². The Bertz CT molecular complexity index is 457. The zero-order chi connectivity index (χ0) is 14.0. The van der Waals surface area contributed by atoms with Gasteiger partial charge in [0.25, 0.3) is 0 Å². The number of rotatable bonds is 4. The number of morpholine rings is 1. The minimum atomic E-state index is -1.03. The Morgan fingerprint density at radius 2 is 2.37 bits per heavy atom. The molecule has 0 aromatic carbocycles. The van der Waals surface area contributed by atoms with Crippen molar-refractivity contribution in [2.24, 2.45) is 5.92 Å². The van der Waals surface area contributed by atoms with Gasteiger partial charge in [-0.1, -0.05) is 13.8 Å². The maximum atomic E-state index is 12.0. The van der Waals surface area contributed by atoms with Gasteiger partial charge in [-0.15, -0.1) is 0 Å². The van der Waals surface area contributed by atoms with Gasteiger partial charge in [-0.05, 0) is 28.3 Å². The topological polar surface area (TPSA) is 66.8 Å². The van der Waals surface area contributed by atoms with Crippen LogP contribution in [0.3, 0.4) is 0 Å². The summed E-state index contributed by atoms with van der Waals surface area (Å²) in [5.74, 6) is -0.905. The highest BCUT2D eigenvalue weighted by Crippen LogP contribution is 2.32. The van der Waals surface area contributed by atoms with E-state index in [1.54, 1.807) is 4.90 Å². The van der Waals surface area contributed by atoms with Gasteiger partial charge >= 0.3 is 5.97 Å². The number of carboxylic acids is 1. The van der Waals surface area contributed by atoms with Crippen molar-refractivity contribution in [3.05, 3.63) is 22.4 Å². The van der Waals surface area contributed by atoms with E-state index < -0.39 is 18.1 Å². The molecule has 5 nitrogen and oxygen atoms in total. The third kappa shape index (κ3) is 2.96. The van der Waals surface area contributed by atoms with Gasteiger partial charge in [-0.2, -0.15) is 11.3 Å². The normalized spacial score (nSPS) is 23.9. The lowest BCUT2D eigenvalue weighted by molar-refractivity contribution is -0.173. The van der Waals surface area contributed by atoms with Crippen LogP contribution >= 0.6 is 11.3 Å². The van der Waals surface area contributed by atoms with Crippen LogP contribution in [-0.2, 0) is 14.3 Å². The lowest BCUT2D eigenvalue weighted by Gasteiger charge is -2.39. The Morgan fingerprint density at radius 3 is 2.89 bits per heavy atom. The molecule has 1 aliphatic rings. The van der Waals surface area contributed by atoms with E-state index in [0.29, 0.717) is 6.54 Å². The predicted octanol–water partition coefficient (Wildman–Crippen LogP) is 1.76. The predicted molar refractivity (Wildman–Crippen MR) is 71.0 cm³/mol. The average Bonchev–Trinajstić information content (AvgIpc) is 2.84. The van der Waals surface area contributed by atoms with Crippen LogP contribution in [0.2, 0.25) is 0 Å². The molecule has 0 bridgehead atoms. The molecule has 2 heterocycles. The zero-order valence-electron chi connectivity index (χ0n) is 10.9. The first-order chi connectivity index (χ1) is 9.00. The molecule has 1 saturated heterocycles. The minimum absolute atomic E-state index is 0.151. The first-order valence-electron chi connectivity index (χ1n) is 6.16. The van der Waals surface area contributed by atoms with Crippen LogP contribution in [-0.4, -0.2) is 41.1 Å². The Hall–Kier alpha value is -1.40. The average molecular weight is 283 g/mol. The molecule has 1 N–H and O–H groups in total. The van der Waals surface area contributed by atoms with Crippen LogP contribution in [0.25, 0.3) is 0 Å². The quantitative estimate of drug-likeness (QED) is 0.914. The van der Waals surface area contributed by atoms with Gasteiger partial charge in [0.05, 0.1) is 6.04 Å². The van der Waals surface area contributed by atoms with E-state index in [0.717, 1.165) is 5.56 Å². The van der Waals surface area contributed by atoms with Crippen LogP contribution in [0, 0.1) is 5.92 Å². The second kappa shape index (κ2) is 5.71. The lowest BCUT2D eigenvalue weighted by Crippen LogP contribution is -2.52. The van der Waals surface area contributed by atoms with Crippen LogP contribution in [0.15, 0.2) is 16.8 Å². The SMILES string of the molecule is CC(C)CN1C(=O)COC(C(=O)O)C1c1ccsc1. The second-order valence-electron chi connectivity index (χ2n) is 5.01. The lowest BCUT2D eigenvalue weighted by atomic mass is 9.99. The molecular weight excluding hydrogens is 266 g/mol. The van der Waals surface area contributed by atoms with E-state index in [1.165, 1.54) is 11.3 Å². The number of amides is 1. The molecule has 2 atom stereocenters. The summed E-state index contributed by atoms with van der Waals surface area (Å²) in [5, 5.41) is 13.0. The molecule has 2 rings (SSSR count). The third-order valence-electron chi connectivity index (χ3n) is 3.02. The van der Waals surface area contributed by atoms with Crippen molar-refractivity contribution in [2.45, 2.75) is 26.0 Å². The standard InChI is InChI=1S/C13H17NO4S/c1-8(2)5-14-10(15)6-18-12(13(16)17)11(14)9-3-4-19-7-9/h3-4,7-8,11-12H,5-6H2,1-2H3,(H,16,17). The molecule has 6 heteroatoms. The number of nitrogens with zero attached hydrogens (tertiary/aromatic N) is 1. The number of thiophene rings is 1. The van der Waals surface area contributed by atoms with E-state index in [-0.39, 0.29) is 18.4 Å². The molecule has 0 saturated carbocycles. The largest absolute Gasteiger partial charge is 0.479 e. The summed E-state index contributed by atoms with van der Waals surface area (Å²) in [5.41, 5.74) is 0.825. The van der Waals surface area contributed by atoms with Crippen LogP contribution < -0.4 is 0 Å². The van der Waals surface area contributed by atoms with Gasteiger partial charge in [0.15, 0.2) is 6.10 Å². The molecule has 1 aromatic rings. The molecule has 2 unspecified atom stereocenters. The van der Waals surface area contributed by atoms with Crippen molar-refractivity contribution in [3.63, 3.8) is 0 Å². The molecule has 104 valence electrons. The zero-order valence-corrected chi connectivity index (χ0v) is 11.7. The Morgan fingerprint density at radius 1 is 1.63 bits per heavy atom. The summed E-state index contributed by atoms with van der Waals surface area (Å²) in [6.45, 7) is 4.38. The molecule has 1 aliphatic heterocycles. The highest BCUT2D eigenvalue weighted by atomic mass is 32.1. The number of ether oxygens (including phenoxy) is 1. The van der Waals surface area contributed by atoms with E-state index in [4.69, 9.17) is 4.74 Å². The van der Waals surface area contributed by atoms with Crippen molar-refractivity contribution in [2.75, 3.05) is 13.2 Å². The third-order valence-corrected chi connectivity index (χ3v) is 3.72. The van der Waals surface area contributed by atoms with Crippen LogP contribution in [0.4, 0.5) is 0 Å². The van der Waals surface area contributed by atoms with E-state index >= 15 is 0 Å². The monoisotopic (exact) mass is 283 g/mol. The van der Waals surface area contributed by atoms with Crippen molar-refractivity contribution in [1.82, 2.24) is 4.90 Å². The van der Waals surface area contributed by atoms with Gasteiger partial charge in [0.2, 0.25) is 5.91 Å². The van der Waals surface area contributed by atoms with E-state index in [1.807, 2.05) is 30.7 Å². The maximum absolute atomic E-state index is 12.0. The van der Waals surface area contributed by atoms with Crippen molar-refractivity contribution >= 4 is 23.2 Å². The highest BCUT2D eigenvalue weighted by Gasteiger charge is 2.42. The number of aliphatic carboxylic acids is 1. The Labute approximate surface area is 115 Å². The van der Waals surface area contributed by atoms with Gasteiger partial charge < -0.3 is 14.7 Å². The Balaban J connectivity index is 2.35. The van der Waals surface area contributed by atoms with Crippen LogP contribution in [0.5, 0.6) is 0 Å². The van der Waals surface area contributed by atoms with Gasteiger partial charge in [-0.3, -0.25) is 4.79 Å². The Kier molecular flexibility index (Phi) is 4.21. The molecule has 1 fully saturated rings. The fraction of sp³-hybridized carbons (Fsp3) is 0.538. The summed E-state index contributed by atoms with van der Waals surface area (Å²) in [6, 6.07) is 1.31. The summed E-state index contributed by atoms with van der Waals surface area (Å²) in [7, 11) is 0. The van der Waals surface area contributed by atoms with Gasteiger partial charge in [-0.25, -0.2) is 4.79 Å². The number of carboxylic acid groups (broad SMARTS) is 1. The number of hydrogen-bond donors (Lipinski definition) is 1. The smallest absolute Gasteiger partial charge is 0.335 e. The highest BCUT2D eigenvalue weighted by molar-refractivity contribution is 7.08. The summed E-state index contributed by atoms with van der Waals surface area (Å²) < 4.78 is 5.21. The first-order valence-corrected chi connectivity index (χ1v) is 7.11. The number of carbonyl (C=O) groups is 2. The molecule has 0 radical (unpaired) electrons. The summed E-state index contributed by atoms with van der Waals surface area (Å²) in [4.78, 5) is 25.0. The fourth-order valence-corrected chi connectivity index (χ4v) is 2.96. The summed E-state index contributed by atoms with van der Waals surface area (Å²) >= 11 is 1.48. The molecule has 1 amide bonds. The van der Waals surface area contributed by atoms with E-state index in [2.05, 4.69) is 0 Å². The number of hydrogen-bond acceptors (Lipinski definition) is 4. The molecule has 0 spiro atoms. The van der Waals surface area contributed by atoms with Crippen molar-refractivity contribution in [3.8, 4) is 0 Å². The van der Waals surface area contributed by atoms with Gasteiger partial charge in [0, 0.05) is 6.54 Å². The van der Waals surface area contributed by atoms with Crippen molar-refractivity contribution < 1.29 is 19.4 Å². The van der Waals surface area contributed by atoms with Crippen LogP contribution in [0.1, 0.15) is 25.5 Å². The van der Waals surface area contributed by atoms with Gasteiger partial charge in [0.1, 0.15) is 6.61 Å². The minimum Gasteiger partial charge on any atom is -0.479 e. The molecule has 1 aromatic heterocycles. The summed E-state index contributed by atoms with van der Waals surface area (Å²) in [6.07, 6.45) is -0.994. The molecule has 19 heavy (non-hydrogen) atoms. The number of carbonyl (C=O) groups excluding carboxylic acids is 1. The molecule has 0 aliphatic carbocycles. The molecular formula is C13H17NO4S. The fourth-order valence-electron chi connectivity index (χ4n) is 2.27. The first kappa shape index (κ1) is 14.0. The second-order valence-corrected chi connectivity index (χ2v) is 5.79. The van der Waals surface area contributed by atoms with E-state index in [9.17, 15) is 14.7 Å².